The average molecular weight is 320 g/mol. The fourth-order valence-electron chi connectivity index (χ4n) is 1.60. The van der Waals surface area contributed by atoms with Crippen molar-refractivity contribution in [1.82, 2.24) is 0 Å². The van der Waals surface area contributed by atoms with Gasteiger partial charge in [-0.15, -0.1) is 11.3 Å². The summed E-state index contributed by atoms with van der Waals surface area (Å²) in [5.41, 5.74) is 0. The van der Waals surface area contributed by atoms with Crippen LogP contribution in [0.5, 0.6) is 11.5 Å². The van der Waals surface area contributed by atoms with Crippen molar-refractivity contribution in [3.63, 3.8) is 0 Å². The summed E-state index contributed by atoms with van der Waals surface area (Å²) in [4.78, 5) is 20.4. The molecule has 6 nitrogen and oxygen atoms in total. The van der Waals surface area contributed by atoms with E-state index in [0.29, 0.717) is 4.70 Å². The lowest BCUT2D eigenvalue weighted by Gasteiger charge is -2.04. The molecule has 0 aliphatic carbocycles. The molecule has 2 rings (SSSR count). The second kappa shape index (κ2) is 5.88. The molecule has 108 valence electrons. The van der Waals surface area contributed by atoms with Crippen molar-refractivity contribution in [1.29, 1.82) is 0 Å². The maximum Gasteiger partial charge on any atom is 0.317 e. The minimum Gasteiger partial charge on any atom is -0.502 e. The van der Waals surface area contributed by atoms with E-state index in [-0.39, 0.29) is 16.0 Å². The van der Waals surface area contributed by atoms with Crippen LogP contribution in [0.15, 0.2) is 12.1 Å². The molecule has 1 unspecified atom stereocenters. The van der Waals surface area contributed by atoms with Gasteiger partial charge in [-0.2, -0.15) is 0 Å². The van der Waals surface area contributed by atoms with Gasteiger partial charge in [0.05, 0.1) is 12.0 Å². The smallest absolute Gasteiger partial charge is 0.317 e. The number of ketones is 1. The third-order valence-corrected chi connectivity index (χ3v) is 4.04. The Morgan fingerprint density at radius 1 is 1.50 bits per heavy atom. The fraction of sp³-hybridized carbons (Fsp3) is 0.182. The van der Waals surface area contributed by atoms with Gasteiger partial charge >= 0.3 is 8.25 Å². The predicted octanol–water partition coefficient (Wildman–Crippen LogP) is 2.34. The second-order valence-electron chi connectivity index (χ2n) is 3.74. The third-order valence-electron chi connectivity index (χ3n) is 2.52. The molecule has 1 aromatic carbocycles. The van der Waals surface area contributed by atoms with Crippen molar-refractivity contribution < 1.29 is 33.0 Å². The number of benzene rings is 1. The minimum absolute atomic E-state index is 0.0347. The van der Waals surface area contributed by atoms with Crippen LogP contribution in [0.4, 0.5) is 4.39 Å². The molecule has 0 radical (unpaired) electrons. The van der Waals surface area contributed by atoms with E-state index >= 15 is 0 Å². The Bertz CT molecular complexity index is 698. The summed E-state index contributed by atoms with van der Waals surface area (Å²) < 4.78 is 33.9. The number of hydrogen-bond donors (Lipinski definition) is 2. The lowest BCUT2D eigenvalue weighted by atomic mass is 10.2. The quantitative estimate of drug-likeness (QED) is 0.649. The van der Waals surface area contributed by atoms with Gasteiger partial charge in [-0.1, -0.05) is 0 Å². The molecule has 0 aliphatic rings. The Morgan fingerprint density at radius 2 is 2.20 bits per heavy atom. The van der Waals surface area contributed by atoms with Crippen LogP contribution in [-0.4, -0.2) is 29.5 Å². The standard InChI is InChI=1S/C11H10FO6PS/c1-17-7-3-8-5(10(12)11(7)14)2-9(20-8)6(13)4-18-19(15)16/h2-3,14,19H,4H2,1H3,(H,15,16). The molecule has 9 heteroatoms. The molecule has 0 bridgehead atoms. The molecular weight excluding hydrogens is 310 g/mol. The van der Waals surface area contributed by atoms with Crippen LogP contribution in [0.2, 0.25) is 0 Å². The van der Waals surface area contributed by atoms with Crippen LogP contribution >= 0.6 is 19.6 Å². The van der Waals surface area contributed by atoms with Crippen molar-refractivity contribution in [2.75, 3.05) is 13.7 Å². The number of aromatic hydroxyl groups is 1. The van der Waals surface area contributed by atoms with E-state index in [1.807, 2.05) is 0 Å². The number of phenols is 1. The molecule has 20 heavy (non-hydrogen) atoms. The molecule has 0 spiro atoms. The number of phenolic OH excluding ortho intramolecular Hbond substituents is 1. The second-order valence-corrected chi connectivity index (χ2v) is 5.65. The largest absolute Gasteiger partial charge is 0.502 e. The van der Waals surface area contributed by atoms with Crippen molar-refractivity contribution in [2.45, 2.75) is 0 Å². The first-order valence-corrected chi connectivity index (χ1v) is 7.40. The predicted molar refractivity (Wildman–Crippen MR) is 71.5 cm³/mol. The summed E-state index contributed by atoms with van der Waals surface area (Å²) in [6, 6.07) is 2.67. The first-order chi connectivity index (χ1) is 9.43. The average Bonchev–Trinajstić information content (AvgIpc) is 2.84. The molecule has 1 aromatic heterocycles. The number of carbonyl (C=O) groups excluding carboxylic acids is 1. The van der Waals surface area contributed by atoms with E-state index in [2.05, 4.69) is 4.52 Å². The van der Waals surface area contributed by atoms with Crippen molar-refractivity contribution >= 4 is 35.5 Å². The van der Waals surface area contributed by atoms with Crippen LogP contribution in [0.1, 0.15) is 9.67 Å². The highest BCUT2D eigenvalue weighted by Gasteiger charge is 2.18. The van der Waals surface area contributed by atoms with Gasteiger partial charge in [-0.25, -0.2) is 4.39 Å². The molecule has 2 aromatic rings. The summed E-state index contributed by atoms with van der Waals surface area (Å²) >= 11 is 0.976. The fourth-order valence-corrected chi connectivity index (χ4v) is 2.86. The molecule has 1 atom stereocenters. The number of halogens is 1. The van der Waals surface area contributed by atoms with Gasteiger partial charge in [-0.05, 0) is 6.07 Å². The van der Waals surface area contributed by atoms with E-state index in [1.54, 1.807) is 0 Å². The first kappa shape index (κ1) is 14.9. The summed E-state index contributed by atoms with van der Waals surface area (Å²) in [6.07, 6.45) is 0. The van der Waals surface area contributed by atoms with E-state index in [9.17, 15) is 18.9 Å². The van der Waals surface area contributed by atoms with Crippen LogP contribution < -0.4 is 4.74 Å². The molecule has 1 heterocycles. The van der Waals surface area contributed by atoms with Gasteiger partial charge in [0, 0.05) is 16.2 Å². The molecule has 0 amide bonds. The molecule has 0 fully saturated rings. The van der Waals surface area contributed by atoms with E-state index in [0.717, 1.165) is 11.3 Å². The van der Waals surface area contributed by atoms with E-state index in [1.165, 1.54) is 19.2 Å². The summed E-state index contributed by atoms with van der Waals surface area (Å²) in [7, 11) is -1.91. The normalized spacial score (nSPS) is 12.6. The maximum atomic E-state index is 13.9. The Morgan fingerprint density at radius 3 is 2.80 bits per heavy atom. The van der Waals surface area contributed by atoms with Crippen molar-refractivity contribution in [3.05, 3.63) is 22.8 Å². The highest BCUT2D eigenvalue weighted by molar-refractivity contribution is 7.32. The molecule has 0 aliphatic heterocycles. The van der Waals surface area contributed by atoms with Crippen LogP contribution in [-0.2, 0) is 9.09 Å². The first-order valence-electron chi connectivity index (χ1n) is 5.32. The Kier molecular flexibility index (Phi) is 4.39. The zero-order valence-corrected chi connectivity index (χ0v) is 12.0. The van der Waals surface area contributed by atoms with Gasteiger partial charge in [0.15, 0.2) is 23.1 Å². The number of fused-ring (bicyclic) bond motifs is 1. The number of carbonyl (C=O) groups is 1. The Labute approximate surface area is 117 Å². The van der Waals surface area contributed by atoms with Crippen LogP contribution in [0.3, 0.4) is 0 Å². The van der Waals surface area contributed by atoms with Crippen molar-refractivity contribution in [3.8, 4) is 11.5 Å². The van der Waals surface area contributed by atoms with Crippen molar-refractivity contribution in [2.24, 2.45) is 0 Å². The van der Waals surface area contributed by atoms with Gasteiger partial charge < -0.3 is 19.3 Å². The molecule has 0 saturated carbocycles. The monoisotopic (exact) mass is 320 g/mol. The third kappa shape index (κ3) is 2.83. The molecule has 2 N–H and O–H groups in total. The van der Waals surface area contributed by atoms with Crippen LogP contribution in [0, 0.1) is 5.82 Å². The molecular formula is C11H10FO6PS. The number of rotatable bonds is 5. The van der Waals surface area contributed by atoms with Crippen LogP contribution in [0.25, 0.3) is 10.1 Å². The van der Waals surface area contributed by atoms with Gasteiger partial charge in [0.1, 0.15) is 6.61 Å². The number of thiophene rings is 1. The lowest BCUT2D eigenvalue weighted by molar-refractivity contribution is 0.0921. The Balaban J connectivity index is 2.41. The summed E-state index contributed by atoms with van der Waals surface area (Å²) in [6.45, 7) is -0.564. The highest BCUT2D eigenvalue weighted by atomic mass is 32.1. The molecule has 0 saturated heterocycles. The minimum atomic E-state index is -3.19. The Hall–Kier alpha value is -1.47. The topological polar surface area (TPSA) is 93.1 Å². The number of Topliss-reactive ketones (excluding diaryl/α,β-unsaturated/α-hetero) is 1. The zero-order chi connectivity index (χ0) is 14.9. The number of ether oxygens (including phenoxy) is 1. The SMILES string of the molecule is COc1cc2sc(C(=O)CO[PH](=O)O)cc2c(F)c1O. The number of hydrogen-bond acceptors (Lipinski definition) is 6. The number of methoxy groups -OCH3 is 1. The summed E-state index contributed by atoms with van der Waals surface area (Å²) in [5.74, 6) is -2.09. The lowest BCUT2D eigenvalue weighted by Crippen LogP contribution is -2.03. The van der Waals surface area contributed by atoms with Gasteiger partial charge in [0.2, 0.25) is 0 Å². The van der Waals surface area contributed by atoms with E-state index in [4.69, 9.17) is 9.63 Å². The van der Waals surface area contributed by atoms with E-state index < -0.39 is 32.2 Å². The summed E-state index contributed by atoms with van der Waals surface area (Å²) in [5, 5.41) is 9.62. The van der Waals surface area contributed by atoms with Gasteiger partial charge in [-0.3, -0.25) is 9.36 Å². The maximum absolute atomic E-state index is 13.9. The van der Waals surface area contributed by atoms with Gasteiger partial charge in [0.25, 0.3) is 0 Å². The highest BCUT2D eigenvalue weighted by Crippen LogP contribution is 2.39. The zero-order valence-electron chi connectivity index (χ0n) is 10.2.